The van der Waals surface area contributed by atoms with Gasteiger partial charge >= 0.3 is 0 Å². The van der Waals surface area contributed by atoms with Crippen molar-refractivity contribution in [2.45, 2.75) is 11.8 Å². The molecule has 3 heteroatoms. The van der Waals surface area contributed by atoms with Crippen molar-refractivity contribution in [3.8, 4) is 6.07 Å². The van der Waals surface area contributed by atoms with E-state index in [4.69, 9.17) is 5.26 Å². The van der Waals surface area contributed by atoms with Crippen LogP contribution in [0.5, 0.6) is 0 Å². The smallest absolute Gasteiger partial charge is 0.0992 e. The van der Waals surface area contributed by atoms with Crippen LogP contribution in [0, 0.1) is 18.3 Å². The van der Waals surface area contributed by atoms with Crippen molar-refractivity contribution in [2.24, 2.45) is 0 Å². The van der Waals surface area contributed by atoms with Gasteiger partial charge in [0.2, 0.25) is 0 Å². The molecule has 11 heavy (non-hydrogen) atoms. The van der Waals surface area contributed by atoms with Crippen molar-refractivity contribution < 1.29 is 0 Å². The van der Waals surface area contributed by atoms with Gasteiger partial charge in [0.1, 0.15) is 0 Å². The Morgan fingerprint density at radius 1 is 1.55 bits per heavy atom. The second kappa shape index (κ2) is 3.29. The van der Waals surface area contributed by atoms with Crippen molar-refractivity contribution in [3.05, 3.63) is 27.7 Å². The lowest BCUT2D eigenvalue weighted by Gasteiger charge is -2.01. The highest BCUT2D eigenvalue weighted by Crippen LogP contribution is 2.25. The number of hydrogen-bond donors (Lipinski definition) is 1. The van der Waals surface area contributed by atoms with Crippen molar-refractivity contribution in [1.82, 2.24) is 0 Å². The summed E-state index contributed by atoms with van der Waals surface area (Å²) in [6.45, 7) is 1.92. The molecule has 0 radical (unpaired) electrons. The lowest BCUT2D eigenvalue weighted by atomic mass is 10.1. The van der Waals surface area contributed by atoms with E-state index in [9.17, 15) is 0 Å². The number of halogens is 1. The lowest BCUT2D eigenvalue weighted by Crippen LogP contribution is -1.81. The first-order chi connectivity index (χ1) is 5.15. The van der Waals surface area contributed by atoms with Crippen LogP contribution in [-0.4, -0.2) is 0 Å². The second-order valence-electron chi connectivity index (χ2n) is 2.24. The average Bonchev–Trinajstić information content (AvgIpc) is 1.99. The fourth-order valence-electron chi connectivity index (χ4n) is 0.801. The normalized spacial score (nSPS) is 9.27. The number of rotatable bonds is 0. The summed E-state index contributed by atoms with van der Waals surface area (Å²) in [4.78, 5) is 0.893. The topological polar surface area (TPSA) is 23.8 Å². The van der Waals surface area contributed by atoms with Gasteiger partial charge in [-0.2, -0.15) is 5.26 Å². The Morgan fingerprint density at radius 2 is 2.18 bits per heavy atom. The van der Waals surface area contributed by atoms with Crippen molar-refractivity contribution in [2.75, 3.05) is 0 Å². The van der Waals surface area contributed by atoms with Gasteiger partial charge in [0.25, 0.3) is 0 Å². The third-order valence-electron chi connectivity index (χ3n) is 1.38. The van der Waals surface area contributed by atoms with Gasteiger partial charge < -0.3 is 0 Å². The number of thiol groups is 1. The number of nitriles is 1. The molecular formula is C8H6BrNS. The maximum Gasteiger partial charge on any atom is 0.0992 e. The number of aryl methyl sites for hydroxylation is 1. The van der Waals surface area contributed by atoms with Crippen LogP contribution in [0.3, 0.4) is 0 Å². The Morgan fingerprint density at radius 3 is 2.64 bits per heavy atom. The SMILES string of the molecule is Cc1cc(C#N)cc(Br)c1S. The van der Waals surface area contributed by atoms with Crippen molar-refractivity contribution in [3.63, 3.8) is 0 Å². The van der Waals surface area contributed by atoms with Gasteiger partial charge in [-0.1, -0.05) is 0 Å². The van der Waals surface area contributed by atoms with Crippen LogP contribution < -0.4 is 0 Å². The van der Waals surface area contributed by atoms with Crippen LogP contribution in [0.15, 0.2) is 21.5 Å². The minimum absolute atomic E-state index is 0.659. The van der Waals surface area contributed by atoms with E-state index in [-0.39, 0.29) is 0 Å². The van der Waals surface area contributed by atoms with Crippen LogP contribution in [0.25, 0.3) is 0 Å². The van der Waals surface area contributed by atoms with E-state index in [1.807, 2.05) is 13.0 Å². The van der Waals surface area contributed by atoms with Gasteiger partial charge in [0.15, 0.2) is 0 Å². The monoisotopic (exact) mass is 227 g/mol. The number of benzene rings is 1. The van der Waals surface area contributed by atoms with E-state index in [0.717, 1.165) is 14.9 Å². The quantitative estimate of drug-likeness (QED) is 0.678. The van der Waals surface area contributed by atoms with E-state index in [2.05, 4.69) is 34.6 Å². The Hall–Kier alpha value is -0.460. The Balaban J connectivity index is 3.35. The van der Waals surface area contributed by atoms with Gasteiger partial charge in [0.05, 0.1) is 11.6 Å². The molecule has 0 heterocycles. The molecule has 0 spiro atoms. The van der Waals surface area contributed by atoms with E-state index < -0.39 is 0 Å². The Labute approximate surface area is 79.6 Å². The fourth-order valence-corrected chi connectivity index (χ4v) is 1.49. The van der Waals surface area contributed by atoms with Crippen molar-refractivity contribution >= 4 is 28.6 Å². The Bertz CT molecular complexity index is 304. The molecule has 0 N–H and O–H groups in total. The molecule has 0 bridgehead atoms. The molecule has 0 aliphatic rings. The van der Waals surface area contributed by atoms with Crippen molar-refractivity contribution in [1.29, 1.82) is 5.26 Å². The third kappa shape index (κ3) is 1.76. The zero-order valence-electron chi connectivity index (χ0n) is 5.93. The molecule has 0 amide bonds. The van der Waals surface area contributed by atoms with Crippen LogP contribution in [0.1, 0.15) is 11.1 Å². The van der Waals surface area contributed by atoms with Gasteiger partial charge in [-0.15, -0.1) is 12.6 Å². The van der Waals surface area contributed by atoms with Crippen LogP contribution in [-0.2, 0) is 0 Å². The summed E-state index contributed by atoms with van der Waals surface area (Å²) >= 11 is 7.55. The standard InChI is InChI=1S/C8H6BrNS/c1-5-2-6(4-10)3-7(9)8(5)11/h2-3,11H,1H3. The molecule has 1 aromatic rings. The van der Waals surface area contributed by atoms with E-state index in [0.29, 0.717) is 5.56 Å². The Kier molecular flexibility index (Phi) is 2.58. The molecule has 1 aromatic carbocycles. The predicted molar refractivity (Wildman–Crippen MR) is 50.8 cm³/mol. The molecule has 0 aromatic heterocycles. The fraction of sp³-hybridized carbons (Fsp3) is 0.125. The minimum Gasteiger partial charge on any atom is -0.192 e. The van der Waals surface area contributed by atoms with Crippen LogP contribution in [0.2, 0.25) is 0 Å². The second-order valence-corrected chi connectivity index (χ2v) is 3.54. The van der Waals surface area contributed by atoms with Crippen LogP contribution in [0.4, 0.5) is 0 Å². The van der Waals surface area contributed by atoms with E-state index in [1.165, 1.54) is 0 Å². The molecule has 0 atom stereocenters. The first kappa shape index (κ1) is 8.63. The zero-order valence-corrected chi connectivity index (χ0v) is 8.41. The van der Waals surface area contributed by atoms with Gasteiger partial charge in [-0.3, -0.25) is 0 Å². The molecule has 0 fully saturated rings. The first-order valence-electron chi connectivity index (χ1n) is 3.04. The summed E-state index contributed by atoms with van der Waals surface area (Å²) < 4.78 is 0.873. The summed E-state index contributed by atoms with van der Waals surface area (Å²) in [5.74, 6) is 0. The maximum atomic E-state index is 8.58. The molecule has 0 saturated heterocycles. The maximum absolute atomic E-state index is 8.58. The summed E-state index contributed by atoms with van der Waals surface area (Å²) in [7, 11) is 0. The molecule has 1 nitrogen and oxygen atoms in total. The highest BCUT2D eigenvalue weighted by molar-refractivity contribution is 9.10. The van der Waals surface area contributed by atoms with E-state index >= 15 is 0 Å². The summed E-state index contributed by atoms with van der Waals surface area (Å²) in [6.07, 6.45) is 0. The molecule has 1 rings (SSSR count). The molecule has 0 saturated carbocycles. The lowest BCUT2D eigenvalue weighted by molar-refractivity contribution is 1.26. The molecule has 0 aliphatic heterocycles. The van der Waals surface area contributed by atoms with Gasteiger partial charge in [-0.25, -0.2) is 0 Å². The molecule has 0 unspecified atom stereocenters. The average molecular weight is 228 g/mol. The summed E-state index contributed by atoms with van der Waals surface area (Å²) in [6, 6.07) is 5.64. The van der Waals surface area contributed by atoms with Crippen LogP contribution >= 0.6 is 28.6 Å². The zero-order chi connectivity index (χ0) is 8.43. The highest BCUT2D eigenvalue weighted by Gasteiger charge is 2.01. The minimum atomic E-state index is 0.659. The third-order valence-corrected chi connectivity index (χ3v) is 2.91. The molecule has 56 valence electrons. The summed E-state index contributed by atoms with van der Waals surface area (Å²) in [5.41, 5.74) is 1.67. The van der Waals surface area contributed by atoms with Gasteiger partial charge in [0, 0.05) is 9.37 Å². The predicted octanol–water partition coefficient (Wildman–Crippen LogP) is 2.92. The molecular weight excluding hydrogens is 222 g/mol. The first-order valence-corrected chi connectivity index (χ1v) is 4.28. The van der Waals surface area contributed by atoms with E-state index in [1.54, 1.807) is 6.07 Å². The van der Waals surface area contributed by atoms with Gasteiger partial charge in [-0.05, 0) is 40.5 Å². The summed E-state index contributed by atoms with van der Waals surface area (Å²) in [5, 5.41) is 8.58. The number of hydrogen-bond acceptors (Lipinski definition) is 2. The number of nitrogens with zero attached hydrogens (tertiary/aromatic N) is 1. The largest absolute Gasteiger partial charge is 0.192 e. The molecule has 0 aliphatic carbocycles. The highest BCUT2D eigenvalue weighted by atomic mass is 79.9.